The fourth-order valence-corrected chi connectivity index (χ4v) is 3.47. The molecule has 0 radical (unpaired) electrons. The third-order valence-electron chi connectivity index (χ3n) is 3.20. The number of benzene rings is 1. The van der Waals surface area contributed by atoms with E-state index in [0.29, 0.717) is 13.0 Å². The number of carboxylic acid groups (broad SMARTS) is 1. The van der Waals surface area contributed by atoms with Crippen LogP contribution in [0.3, 0.4) is 0 Å². The molecule has 0 saturated carbocycles. The van der Waals surface area contributed by atoms with Gasteiger partial charge in [-0.25, -0.2) is 13.2 Å². The molecule has 1 unspecified atom stereocenters. The monoisotopic (exact) mass is 332 g/mol. The van der Waals surface area contributed by atoms with E-state index in [4.69, 9.17) is 16.7 Å². The summed E-state index contributed by atoms with van der Waals surface area (Å²) in [6.07, 6.45) is 0.369. The SMILES string of the molecule is CN1CCC(NS(=O)(=O)c2ccc(Cl)c(C(=O)O)c2)C1=O. The fourth-order valence-electron chi connectivity index (χ4n) is 2.02. The summed E-state index contributed by atoms with van der Waals surface area (Å²) in [5, 5.41) is 8.90. The Kier molecular flexibility index (Phi) is 4.22. The number of likely N-dealkylation sites (N-methyl/N-ethyl adjacent to an activating group) is 1. The molecule has 1 saturated heterocycles. The summed E-state index contributed by atoms with van der Waals surface area (Å²) in [6, 6.07) is 2.53. The molecule has 21 heavy (non-hydrogen) atoms. The number of aromatic carboxylic acids is 1. The Hall–Kier alpha value is -1.64. The molecule has 2 rings (SSSR count). The number of nitrogens with zero attached hydrogens (tertiary/aromatic N) is 1. The molecule has 1 amide bonds. The van der Waals surface area contributed by atoms with E-state index in [-0.39, 0.29) is 21.4 Å². The van der Waals surface area contributed by atoms with Crippen molar-refractivity contribution in [1.82, 2.24) is 9.62 Å². The smallest absolute Gasteiger partial charge is 0.337 e. The van der Waals surface area contributed by atoms with Crippen LogP contribution in [0.4, 0.5) is 0 Å². The van der Waals surface area contributed by atoms with Crippen molar-refractivity contribution in [1.29, 1.82) is 0 Å². The maximum atomic E-state index is 12.2. The third-order valence-corrected chi connectivity index (χ3v) is 5.00. The number of sulfonamides is 1. The molecule has 1 aliphatic rings. The van der Waals surface area contributed by atoms with Gasteiger partial charge in [-0.2, -0.15) is 4.72 Å². The normalized spacial score (nSPS) is 19.0. The first-order chi connectivity index (χ1) is 9.72. The second kappa shape index (κ2) is 5.63. The average molecular weight is 333 g/mol. The largest absolute Gasteiger partial charge is 0.478 e. The molecule has 1 aliphatic heterocycles. The Bertz CT molecular complexity index is 704. The molecule has 0 bridgehead atoms. The van der Waals surface area contributed by atoms with E-state index in [1.54, 1.807) is 7.05 Å². The molecular formula is C12H13ClN2O5S. The molecule has 0 aromatic heterocycles. The van der Waals surface area contributed by atoms with Gasteiger partial charge < -0.3 is 10.0 Å². The summed E-state index contributed by atoms with van der Waals surface area (Å²) in [4.78, 5) is 23.9. The van der Waals surface area contributed by atoms with Crippen LogP contribution >= 0.6 is 11.6 Å². The number of hydrogen-bond acceptors (Lipinski definition) is 4. The van der Waals surface area contributed by atoms with Crippen LogP contribution in [0.15, 0.2) is 23.1 Å². The van der Waals surface area contributed by atoms with Gasteiger partial charge in [0, 0.05) is 13.6 Å². The van der Waals surface area contributed by atoms with Gasteiger partial charge >= 0.3 is 5.97 Å². The van der Waals surface area contributed by atoms with Crippen LogP contribution in [0.25, 0.3) is 0 Å². The highest BCUT2D eigenvalue weighted by molar-refractivity contribution is 7.89. The van der Waals surface area contributed by atoms with Gasteiger partial charge in [0.2, 0.25) is 15.9 Å². The molecule has 1 fully saturated rings. The molecule has 0 aliphatic carbocycles. The number of rotatable bonds is 4. The second-order valence-electron chi connectivity index (χ2n) is 4.67. The summed E-state index contributed by atoms with van der Waals surface area (Å²) < 4.78 is 26.7. The molecule has 1 atom stereocenters. The van der Waals surface area contributed by atoms with Gasteiger partial charge in [-0.3, -0.25) is 4.79 Å². The Morgan fingerprint density at radius 3 is 2.67 bits per heavy atom. The molecule has 1 aromatic rings. The minimum atomic E-state index is -3.99. The molecular weight excluding hydrogens is 320 g/mol. The quantitative estimate of drug-likeness (QED) is 0.837. The number of likely N-dealkylation sites (tertiary alicyclic amines) is 1. The van der Waals surface area contributed by atoms with Crippen molar-refractivity contribution in [2.75, 3.05) is 13.6 Å². The van der Waals surface area contributed by atoms with Crippen LogP contribution in [-0.4, -0.2) is 49.9 Å². The van der Waals surface area contributed by atoms with Gasteiger partial charge in [0.25, 0.3) is 0 Å². The standard InChI is InChI=1S/C12H13ClN2O5S/c1-15-5-4-10(11(15)16)14-21(19,20)7-2-3-9(13)8(6-7)12(17)18/h2-3,6,10,14H,4-5H2,1H3,(H,17,18). The van der Waals surface area contributed by atoms with Crippen molar-refractivity contribution >= 4 is 33.5 Å². The van der Waals surface area contributed by atoms with Crippen molar-refractivity contribution in [2.45, 2.75) is 17.4 Å². The number of carboxylic acids is 1. The zero-order valence-electron chi connectivity index (χ0n) is 11.0. The van der Waals surface area contributed by atoms with Crippen molar-refractivity contribution in [3.05, 3.63) is 28.8 Å². The predicted molar refractivity (Wildman–Crippen MR) is 74.8 cm³/mol. The molecule has 1 aromatic carbocycles. The molecule has 9 heteroatoms. The van der Waals surface area contributed by atoms with Gasteiger partial charge in [0.05, 0.1) is 15.5 Å². The van der Waals surface area contributed by atoms with Gasteiger partial charge in [-0.1, -0.05) is 11.6 Å². The molecule has 1 heterocycles. The number of nitrogens with one attached hydrogen (secondary N) is 1. The summed E-state index contributed by atoms with van der Waals surface area (Å²) in [6.45, 7) is 0.465. The van der Waals surface area contributed by atoms with Gasteiger partial charge in [0.15, 0.2) is 0 Å². The first-order valence-electron chi connectivity index (χ1n) is 6.02. The van der Waals surface area contributed by atoms with Crippen LogP contribution in [-0.2, 0) is 14.8 Å². The van der Waals surface area contributed by atoms with E-state index in [9.17, 15) is 18.0 Å². The van der Waals surface area contributed by atoms with Crippen LogP contribution in [0.1, 0.15) is 16.8 Å². The van der Waals surface area contributed by atoms with Gasteiger partial charge in [-0.15, -0.1) is 0 Å². The van der Waals surface area contributed by atoms with E-state index >= 15 is 0 Å². The maximum Gasteiger partial charge on any atom is 0.337 e. The van der Waals surface area contributed by atoms with Crippen molar-refractivity contribution in [3.63, 3.8) is 0 Å². The first kappa shape index (κ1) is 15.7. The summed E-state index contributed by atoms with van der Waals surface area (Å²) in [7, 11) is -2.41. The summed E-state index contributed by atoms with van der Waals surface area (Å²) in [5.41, 5.74) is -0.311. The molecule has 7 nitrogen and oxygen atoms in total. The minimum Gasteiger partial charge on any atom is -0.478 e. The summed E-state index contributed by atoms with van der Waals surface area (Å²) in [5.74, 6) is -1.64. The lowest BCUT2D eigenvalue weighted by molar-refractivity contribution is -0.127. The zero-order valence-corrected chi connectivity index (χ0v) is 12.6. The summed E-state index contributed by atoms with van der Waals surface area (Å²) >= 11 is 5.70. The van der Waals surface area contributed by atoms with E-state index < -0.39 is 22.0 Å². The first-order valence-corrected chi connectivity index (χ1v) is 7.88. The minimum absolute atomic E-state index is 0.0573. The maximum absolute atomic E-state index is 12.2. The van der Waals surface area contributed by atoms with Crippen LogP contribution < -0.4 is 4.72 Å². The number of halogens is 1. The van der Waals surface area contributed by atoms with E-state index in [1.165, 1.54) is 17.0 Å². The molecule has 0 spiro atoms. The number of hydrogen-bond donors (Lipinski definition) is 2. The van der Waals surface area contributed by atoms with E-state index in [2.05, 4.69) is 4.72 Å². The van der Waals surface area contributed by atoms with Crippen LogP contribution in [0.2, 0.25) is 5.02 Å². The van der Waals surface area contributed by atoms with Crippen LogP contribution in [0.5, 0.6) is 0 Å². The topological polar surface area (TPSA) is 104 Å². The lowest BCUT2D eigenvalue weighted by Crippen LogP contribution is -2.40. The van der Waals surface area contributed by atoms with E-state index in [1.807, 2.05) is 0 Å². The number of amides is 1. The van der Waals surface area contributed by atoms with Gasteiger partial charge in [-0.05, 0) is 24.6 Å². The highest BCUT2D eigenvalue weighted by atomic mass is 35.5. The van der Waals surface area contributed by atoms with Gasteiger partial charge in [0.1, 0.15) is 6.04 Å². The predicted octanol–water partition coefficient (Wildman–Crippen LogP) is 0.547. The Morgan fingerprint density at radius 1 is 1.48 bits per heavy atom. The lowest BCUT2D eigenvalue weighted by atomic mass is 10.2. The second-order valence-corrected chi connectivity index (χ2v) is 6.79. The highest BCUT2D eigenvalue weighted by Crippen LogP contribution is 2.21. The third kappa shape index (κ3) is 3.17. The fraction of sp³-hybridized carbons (Fsp3) is 0.333. The Labute approximate surface area is 126 Å². The molecule has 114 valence electrons. The van der Waals surface area contributed by atoms with E-state index in [0.717, 1.165) is 6.07 Å². The lowest BCUT2D eigenvalue weighted by Gasteiger charge is -2.13. The van der Waals surface area contributed by atoms with Crippen molar-refractivity contribution in [3.8, 4) is 0 Å². The molecule has 2 N–H and O–H groups in total. The average Bonchev–Trinajstić information content (AvgIpc) is 2.70. The highest BCUT2D eigenvalue weighted by Gasteiger charge is 2.33. The number of carbonyl (C=O) groups is 2. The Morgan fingerprint density at radius 2 is 2.14 bits per heavy atom. The van der Waals surface area contributed by atoms with Crippen molar-refractivity contribution in [2.24, 2.45) is 0 Å². The Balaban J connectivity index is 2.30. The number of carbonyl (C=O) groups excluding carboxylic acids is 1. The zero-order chi connectivity index (χ0) is 15.8. The van der Waals surface area contributed by atoms with Crippen LogP contribution in [0, 0.1) is 0 Å². The van der Waals surface area contributed by atoms with Crippen molar-refractivity contribution < 1.29 is 23.1 Å².